The highest BCUT2D eigenvalue weighted by Gasteiger charge is 2.05. The van der Waals surface area contributed by atoms with E-state index in [1.54, 1.807) is 6.92 Å². The van der Waals surface area contributed by atoms with Gasteiger partial charge in [-0.15, -0.1) is 0 Å². The third-order valence-electron chi connectivity index (χ3n) is 2.13. The molecular formula is C17H28O6. The molecular weight excluding hydrogens is 300 g/mol. The van der Waals surface area contributed by atoms with Crippen LogP contribution in [0.15, 0.2) is 36.5 Å². The van der Waals surface area contributed by atoms with Crippen molar-refractivity contribution in [3.63, 3.8) is 0 Å². The fourth-order valence-electron chi connectivity index (χ4n) is 0.725. The van der Waals surface area contributed by atoms with Crippen molar-refractivity contribution in [2.75, 3.05) is 6.61 Å². The van der Waals surface area contributed by atoms with Crippen molar-refractivity contribution in [3.8, 4) is 0 Å². The van der Waals surface area contributed by atoms with Gasteiger partial charge >= 0.3 is 17.9 Å². The van der Waals surface area contributed by atoms with E-state index in [9.17, 15) is 14.4 Å². The van der Waals surface area contributed by atoms with Gasteiger partial charge in [0.25, 0.3) is 0 Å². The lowest BCUT2D eigenvalue weighted by Crippen LogP contribution is -2.06. The molecule has 0 aliphatic heterocycles. The van der Waals surface area contributed by atoms with Crippen LogP contribution in [0.4, 0.5) is 0 Å². The monoisotopic (exact) mass is 328 g/mol. The molecule has 132 valence electrons. The molecule has 0 unspecified atom stereocenters. The first kappa shape index (κ1) is 25.6. The minimum atomic E-state index is -0.935. The number of hydrogen-bond acceptors (Lipinski definition) is 4. The zero-order chi connectivity index (χ0) is 19.0. The smallest absolute Gasteiger partial charge is 0.333 e. The molecule has 2 N–H and O–H groups in total. The minimum absolute atomic E-state index is 0.176. The van der Waals surface area contributed by atoms with Crippen molar-refractivity contribution < 1.29 is 29.3 Å². The van der Waals surface area contributed by atoms with E-state index in [1.165, 1.54) is 13.8 Å². The second kappa shape index (κ2) is 16.0. The van der Waals surface area contributed by atoms with Crippen LogP contribution in [0, 0.1) is 0 Å². The number of carbonyl (C=O) groups is 3. The Labute approximate surface area is 138 Å². The molecule has 0 aliphatic carbocycles. The van der Waals surface area contributed by atoms with Gasteiger partial charge in [-0.2, -0.15) is 0 Å². The Morgan fingerprint density at radius 2 is 1.26 bits per heavy atom. The highest BCUT2D eigenvalue weighted by atomic mass is 16.5. The van der Waals surface area contributed by atoms with E-state index in [0.29, 0.717) is 12.2 Å². The number of carboxylic acid groups (broad SMARTS) is 2. The van der Waals surface area contributed by atoms with Gasteiger partial charge in [-0.05, 0) is 33.6 Å². The van der Waals surface area contributed by atoms with Crippen molar-refractivity contribution in [3.05, 3.63) is 36.5 Å². The summed E-state index contributed by atoms with van der Waals surface area (Å²) in [4.78, 5) is 30.1. The summed E-state index contributed by atoms with van der Waals surface area (Å²) < 4.78 is 4.76. The van der Waals surface area contributed by atoms with E-state index in [0.717, 1.165) is 19.3 Å². The van der Waals surface area contributed by atoms with Crippen LogP contribution < -0.4 is 0 Å². The maximum Gasteiger partial charge on any atom is 0.333 e. The summed E-state index contributed by atoms with van der Waals surface area (Å²) in [5.74, 6) is -2.12. The summed E-state index contributed by atoms with van der Waals surface area (Å²) in [5, 5.41) is 15.8. The van der Waals surface area contributed by atoms with Crippen LogP contribution in [-0.2, 0) is 19.1 Å². The Bertz CT molecular complexity index is 386. The van der Waals surface area contributed by atoms with Crippen LogP contribution in [0.5, 0.6) is 0 Å². The maximum absolute atomic E-state index is 10.9. The Morgan fingerprint density at radius 1 is 0.913 bits per heavy atom. The molecule has 0 aliphatic rings. The first-order valence-corrected chi connectivity index (χ1v) is 7.13. The van der Waals surface area contributed by atoms with Crippen molar-refractivity contribution in [1.82, 2.24) is 0 Å². The molecule has 0 radical (unpaired) electrons. The van der Waals surface area contributed by atoms with Gasteiger partial charge in [0.15, 0.2) is 0 Å². The average Bonchev–Trinajstić information content (AvgIpc) is 2.45. The first-order chi connectivity index (χ1) is 10.5. The van der Waals surface area contributed by atoms with Gasteiger partial charge < -0.3 is 14.9 Å². The number of unbranched alkanes of at least 4 members (excludes halogenated alkanes) is 1. The van der Waals surface area contributed by atoms with Gasteiger partial charge in [0.1, 0.15) is 0 Å². The fourth-order valence-corrected chi connectivity index (χ4v) is 0.725. The largest absolute Gasteiger partial charge is 0.478 e. The van der Waals surface area contributed by atoms with Crippen molar-refractivity contribution in [1.29, 1.82) is 0 Å². The van der Waals surface area contributed by atoms with E-state index in [-0.39, 0.29) is 17.1 Å². The van der Waals surface area contributed by atoms with Crippen molar-refractivity contribution in [2.24, 2.45) is 0 Å². The Morgan fingerprint density at radius 3 is 1.48 bits per heavy atom. The number of ether oxygens (including phenoxy) is 1. The Hall–Kier alpha value is -2.37. The zero-order valence-corrected chi connectivity index (χ0v) is 14.5. The summed E-state index contributed by atoms with van der Waals surface area (Å²) >= 11 is 0. The SMILES string of the molecule is C=C(C)C(=O)O.C=C(C)C(=O)O.C=C(CCCC)C(=O)OCC. The predicted octanol–water partition coefficient (Wildman–Crippen LogP) is 3.59. The summed E-state index contributed by atoms with van der Waals surface area (Å²) in [5.41, 5.74) is 0.943. The van der Waals surface area contributed by atoms with Gasteiger partial charge in [0, 0.05) is 16.7 Å². The minimum Gasteiger partial charge on any atom is -0.478 e. The molecule has 0 heterocycles. The fraction of sp³-hybridized carbons (Fsp3) is 0.471. The Balaban J connectivity index is -0.000000284. The number of carboxylic acids is 2. The zero-order valence-electron chi connectivity index (χ0n) is 14.5. The topological polar surface area (TPSA) is 101 Å². The molecule has 0 amide bonds. The molecule has 0 atom stereocenters. The number of carbonyl (C=O) groups excluding carboxylic acids is 1. The number of aliphatic carboxylic acids is 2. The lowest BCUT2D eigenvalue weighted by atomic mass is 10.1. The van der Waals surface area contributed by atoms with Gasteiger partial charge in [0.2, 0.25) is 0 Å². The molecule has 0 spiro atoms. The van der Waals surface area contributed by atoms with Gasteiger partial charge in [-0.3, -0.25) is 0 Å². The lowest BCUT2D eigenvalue weighted by molar-refractivity contribution is -0.138. The van der Waals surface area contributed by atoms with Gasteiger partial charge in [-0.1, -0.05) is 33.1 Å². The van der Waals surface area contributed by atoms with Crippen LogP contribution in [0.1, 0.15) is 47.0 Å². The molecule has 0 fully saturated rings. The van der Waals surface area contributed by atoms with E-state index in [4.69, 9.17) is 14.9 Å². The second-order valence-electron chi connectivity index (χ2n) is 4.60. The van der Waals surface area contributed by atoms with Gasteiger partial charge in [-0.25, -0.2) is 14.4 Å². The molecule has 0 rings (SSSR count). The van der Waals surface area contributed by atoms with E-state index in [1.807, 2.05) is 0 Å². The summed E-state index contributed by atoms with van der Waals surface area (Å²) in [6, 6.07) is 0. The number of hydrogen-bond donors (Lipinski definition) is 2. The third kappa shape index (κ3) is 22.1. The van der Waals surface area contributed by atoms with Crippen LogP contribution in [0.2, 0.25) is 0 Å². The van der Waals surface area contributed by atoms with Crippen LogP contribution >= 0.6 is 0 Å². The quantitative estimate of drug-likeness (QED) is 0.547. The van der Waals surface area contributed by atoms with E-state index >= 15 is 0 Å². The molecule has 0 saturated carbocycles. The highest BCUT2D eigenvalue weighted by Crippen LogP contribution is 2.06. The molecule has 23 heavy (non-hydrogen) atoms. The van der Waals surface area contributed by atoms with Gasteiger partial charge in [0.05, 0.1) is 6.61 Å². The van der Waals surface area contributed by atoms with Crippen molar-refractivity contribution in [2.45, 2.75) is 47.0 Å². The van der Waals surface area contributed by atoms with E-state index in [2.05, 4.69) is 26.7 Å². The highest BCUT2D eigenvalue weighted by molar-refractivity contribution is 5.87. The molecule has 6 heteroatoms. The number of rotatable bonds is 7. The average molecular weight is 328 g/mol. The summed E-state index contributed by atoms with van der Waals surface area (Å²) in [6.07, 6.45) is 2.85. The normalized spacial score (nSPS) is 8.35. The second-order valence-corrected chi connectivity index (χ2v) is 4.60. The Kier molecular flexibility index (Phi) is 17.8. The maximum atomic E-state index is 10.9. The molecule has 0 aromatic heterocycles. The van der Waals surface area contributed by atoms with Crippen LogP contribution in [-0.4, -0.2) is 34.7 Å². The molecule has 0 saturated heterocycles. The standard InChI is InChI=1S/C9H16O2.2C4H6O2/c1-4-6-7-8(3)9(10)11-5-2;2*1-3(2)4(5)6/h3-7H2,1-2H3;2*1H2,2H3,(H,5,6). The third-order valence-corrected chi connectivity index (χ3v) is 2.13. The van der Waals surface area contributed by atoms with Crippen LogP contribution in [0.25, 0.3) is 0 Å². The molecule has 0 bridgehead atoms. The molecule has 0 aromatic rings. The van der Waals surface area contributed by atoms with Crippen LogP contribution in [0.3, 0.4) is 0 Å². The predicted molar refractivity (Wildman–Crippen MR) is 90.2 cm³/mol. The number of esters is 1. The molecule has 0 aromatic carbocycles. The summed E-state index contributed by atoms with van der Waals surface area (Å²) in [6.45, 7) is 17.2. The van der Waals surface area contributed by atoms with Crippen molar-refractivity contribution >= 4 is 17.9 Å². The lowest BCUT2D eigenvalue weighted by Gasteiger charge is -2.02. The summed E-state index contributed by atoms with van der Waals surface area (Å²) in [7, 11) is 0. The first-order valence-electron chi connectivity index (χ1n) is 7.13. The van der Waals surface area contributed by atoms with E-state index < -0.39 is 11.9 Å². The molecule has 6 nitrogen and oxygen atoms in total.